The van der Waals surface area contributed by atoms with Crippen LogP contribution >= 0.6 is 34.5 Å². The Bertz CT molecular complexity index is 410. The maximum absolute atomic E-state index is 5.82. The van der Waals surface area contributed by atoms with Crippen LogP contribution in [-0.2, 0) is 5.88 Å². The van der Waals surface area contributed by atoms with E-state index >= 15 is 0 Å². The van der Waals surface area contributed by atoms with E-state index in [2.05, 4.69) is 4.98 Å². The van der Waals surface area contributed by atoms with Gasteiger partial charge in [0.25, 0.3) is 0 Å². The van der Waals surface area contributed by atoms with Gasteiger partial charge in [-0.3, -0.25) is 0 Å². The van der Waals surface area contributed by atoms with E-state index in [9.17, 15) is 0 Å². The lowest BCUT2D eigenvalue weighted by Crippen LogP contribution is -1.71. The number of thiazole rings is 1. The van der Waals surface area contributed by atoms with Crippen LogP contribution in [0.1, 0.15) is 5.01 Å². The maximum Gasteiger partial charge on any atom is 0.109 e. The largest absolute Gasteiger partial charge is 0.240 e. The average Bonchev–Trinajstić information content (AvgIpc) is 2.46. The van der Waals surface area contributed by atoms with Crippen molar-refractivity contribution in [1.82, 2.24) is 4.98 Å². The molecule has 0 saturated carbocycles. The van der Waals surface area contributed by atoms with E-state index in [1.807, 2.05) is 18.2 Å². The van der Waals surface area contributed by atoms with Crippen molar-refractivity contribution in [2.45, 2.75) is 5.88 Å². The number of aromatic nitrogens is 1. The predicted molar refractivity (Wildman–Crippen MR) is 54.2 cm³/mol. The van der Waals surface area contributed by atoms with E-state index in [1.54, 1.807) is 11.3 Å². The van der Waals surface area contributed by atoms with Crippen molar-refractivity contribution >= 4 is 44.8 Å². The van der Waals surface area contributed by atoms with Gasteiger partial charge < -0.3 is 0 Å². The molecule has 1 nitrogen and oxygen atoms in total. The number of nitrogens with zero attached hydrogens (tertiary/aromatic N) is 1. The SMILES string of the molecule is ClCc1nc2ccc(Cl)cc2s1. The van der Waals surface area contributed by atoms with Crippen molar-refractivity contribution in [2.24, 2.45) is 0 Å². The quantitative estimate of drug-likeness (QED) is 0.665. The normalized spacial score (nSPS) is 10.8. The van der Waals surface area contributed by atoms with Crippen molar-refractivity contribution < 1.29 is 0 Å². The van der Waals surface area contributed by atoms with Gasteiger partial charge in [-0.25, -0.2) is 4.98 Å². The van der Waals surface area contributed by atoms with Gasteiger partial charge in [0.2, 0.25) is 0 Å². The number of hydrogen-bond acceptors (Lipinski definition) is 2. The minimum atomic E-state index is 0.469. The topological polar surface area (TPSA) is 12.9 Å². The predicted octanol–water partition coefficient (Wildman–Crippen LogP) is 3.69. The summed E-state index contributed by atoms with van der Waals surface area (Å²) in [6.07, 6.45) is 0. The zero-order valence-electron chi connectivity index (χ0n) is 6.05. The first-order valence-corrected chi connectivity index (χ1v) is 5.13. The number of alkyl halides is 1. The number of fused-ring (bicyclic) bond motifs is 1. The Hall–Kier alpha value is -0.310. The van der Waals surface area contributed by atoms with Crippen LogP contribution in [0.15, 0.2) is 18.2 Å². The molecule has 0 amide bonds. The highest BCUT2D eigenvalue weighted by Gasteiger charge is 2.02. The molecule has 0 N–H and O–H groups in total. The molecule has 62 valence electrons. The van der Waals surface area contributed by atoms with E-state index in [0.29, 0.717) is 5.88 Å². The molecule has 12 heavy (non-hydrogen) atoms. The van der Waals surface area contributed by atoms with Crippen molar-refractivity contribution in [3.63, 3.8) is 0 Å². The Labute approximate surface area is 83.9 Å². The highest BCUT2D eigenvalue weighted by molar-refractivity contribution is 7.18. The fourth-order valence-corrected chi connectivity index (χ4v) is 2.32. The van der Waals surface area contributed by atoms with Crippen LogP contribution < -0.4 is 0 Å². The Morgan fingerprint density at radius 1 is 1.42 bits per heavy atom. The summed E-state index contributed by atoms with van der Waals surface area (Å²) in [5.74, 6) is 0.469. The van der Waals surface area contributed by atoms with E-state index < -0.39 is 0 Å². The van der Waals surface area contributed by atoms with E-state index in [4.69, 9.17) is 23.2 Å². The molecule has 0 aliphatic heterocycles. The summed E-state index contributed by atoms with van der Waals surface area (Å²) in [6, 6.07) is 5.65. The van der Waals surface area contributed by atoms with Gasteiger partial charge in [0, 0.05) is 5.02 Å². The number of benzene rings is 1. The summed E-state index contributed by atoms with van der Waals surface area (Å²) in [5, 5.41) is 1.68. The molecule has 1 heterocycles. The molecule has 2 rings (SSSR count). The van der Waals surface area contributed by atoms with Crippen LogP contribution in [0.5, 0.6) is 0 Å². The van der Waals surface area contributed by atoms with Gasteiger partial charge >= 0.3 is 0 Å². The monoisotopic (exact) mass is 217 g/mol. The first kappa shape index (κ1) is 8.30. The second-order valence-corrected chi connectivity index (χ2v) is 4.17. The van der Waals surface area contributed by atoms with Crippen LogP contribution in [0.4, 0.5) is 0 Å². The standard InChI is InChI=1S/C8H5Cl2NS/c9-4-8-11-6-2-1-5(10)3-7(6)12-8/h1-3H,4H2. The molecular formula is C8H5Cl2NS. The second-order valence-electron chi connectivity index (χ2n) is 2.35. The summed E-state index contributed by atoms with van der Waals surface area (Å²) in [7, 11) is 0. The van der Waals surface area contributed by atoms with Gasteiger partial charge in [-0.1, -0.05) is 11.6 Å². The third-order valence-electron chi connectivity index (χ3n) is 1.51. The number of rotatable bonds is 1. The summed E-state index contributed by atoms with van der Waals surface area (Å²) in [6.45, 7) is 0. The second kappa shape index (κ2) is 3.21. The van der Waals surface area contributed by atoms with Crippen molar-refractivity contribution in [3.05, 3.63) is 28.2 Å². The Kier molecular flexibility index (Phi) is 2.22. The minimum Gasteiger partial charge on any atom is -0.240 e. The highest BCUT2D eigenvalue weighted by Crippen LogP contribution is 2.25. The molecule has 0 spiro atoms. The summed E-state index contributed by atoms with van der Waals surface area (Å²) in [5.41, 5.74) is 0.972. The van der Waals surface area contributed by atoms with Crippen LogP contribution in [0.3, 0.4) is 0 Å². The zero-order chi connectivity index (χ0) is 8.55. The molecule has 1 aromatic heterocycles. The molecule has 0 atom stereocenters. The van der Waals surface area contributed by atoms with E-state index in [-0.39, 0.29) is 0 Å². The van der Waals surface area contributed by atoms with Gasteiger partial charge in [-0.05, 0) is 18.2 Å². The van der Waals surface area contributed by atoms with Crippen LogP contribution in [0.25, 0.3) is 10.2 Å². The van der Waals surface area contributed by atoms with E-state index in [1.165, 1.54) is 0 Å². The molecule has 0 saturated heterocycles. The summed E-state index contributed by atoms with van der Waals surface area (Å²) in [4.78, 5) is 4.30. The number of halogens is 2. The molecule has 1 aromatic carbocycles. The Morgan fingerprint density at radius 3 is 3.00 bits per heavy atom. The summed E-state index contributed by atoms with van der Waals surface area (Å²) < 4.78 is 1.10. The molecular weight excluding hydrogens is 213 g/mol. The average molecular weight is 218 g/mol. The zero-order valence-corrected chi connectivity index (χ0v) is 8.38. The fraction of sp³-hybridized carbons (Fsp3) is 0.125. The van der Waals surface area contributed by atoms with Gasteiger partial charge in [-0.15, -0.1) is 22.9 Å². The smallest absolute Gasteiger partial charge is 0.109 e. The lowest BCUT2D eigenvalue weighted by atomic mass is 10.3. The fourth-order valence-electron chi connectivity index (χ4n) is 1.00. The van der Waals surface area contributed by atoms with Gasteiger partial charge in [0.05, 0.1) is 16.1 Å². The highest BCUT2D eigenvalue weighted by atomic mass is 35.5. The van der Waals surface area contributed by atoms with Crippen molar-refractivity contribution in [3.8, 4) is 0 Å². The maximum atomic E-state index is 5.82. The number of hydrogen-bond donors (Lipinski definition) is 0. The lowest BCUT2D eigenvalue weighted by molar-refractivity contribution is 1.30. The van der Waals surface area contributed by atoms with Gasteiger partial charge in [0.15, 0.2) is 0 Å². The first-order valence-electron chi connectivity index (χ1n) is 3.40. The van der Waals surface area contributed by atoms with Crippen LogP contribution in [0.2, 0.25) is 5.02 Å². The molecule has 0 aliphatic carbocycles. The van der Waals surface area contributed by atoms with Crippen molar-refractivity contribution in [1.29, 1.82) is 0 Å². The molecule has 0 aliphatic rings. The third-order valence-corrected chi connectivity index (χ3v) is 3.17. The summed E-state index contributed by atoms with van der Waals surface area (Å²) >= 11 is 13.1. The Balaban J connectivity index is 2.67. The van der Waals surface area contributed by atoms with Gasteiger partial charge in [-0.2, -0.15) is 0 Å². The first-order chi connectivity index (χ1) is 5.79. The molecule has 0 radical (unpaired) electrons. The van der Waals surface area contributed by atoms with Crippen LogP contribution in [-0.4, -0.2) is 4.98 Å². The Morgan fingerprint density at radius 2 is 2.25 bits per heavy atom. The molecule has 0 bridgehead atoms. The lowest BCUT2D eigenvalue weighted by Gasteiger charge is -1.86. The molecule has 4 heteroatoms. The molecule has 0 unspecified atom stereocenters. The molecule has 2 aromatic rings. The minimum absolute atomic E-state index is 0.469. The van der Waals surface area contributed by atoms with Crippen molar-refractivity contribution in [2.75, 3.05) is 0 Å². The van der Waals surface area contributed by atoms with Crippen LogP contribution in [0, 0.1) is 0 Å². The molecule has 0 fully saturated rings. The van der Waals surface area contributed by atoms with Gasteiger partial charge in [0.1, 0.15) is 5.01 Å². The van der Waals surface area contributed by atoms with E-state index in [0.717, 1.165) is 20.2 Å². The third kappa shape index (κ3) is 1.42.